The highest BCUT2D eigenvalue weighted by molar-refractivity contribution is 6.03. The molecule has 1 amide bonds. The molecule has 1 N–H and O–H groups in total. The third kappa shape index (κ3) is 5.00. The summed E-state index contributed by atoms with van der Waals surface area (Å²) < 4.78 is 94.9. The fraction of sp³-hybridized carbons (Fsp3) is 0.214. The molecule has 39 heavy (non-hydrogen) atoms. The first-order valence-electron chi connectivity index (χ1n) is 11.8. The van der Waals surface area contributed by atoms with Gasteiger partial charge in [0.25, 0.3) is 0 Å². The van der Waals surface area contributed by atoms with Gasteiger partial charge in [-0.3, -0.25) is 14.5 Å². The molecule has 202 valence electrons. The molecular formula is C28H19F7N2O2. The van der Waals surface area contributed by atoms with Gasteiger partial charge in [-0.2, -0.15) is 26.3 Å². The zero-order valence-corrected chi connectivity index (χ0v) is 19.9. The average Bonchev–Trinajstić information content (AvgIpc) is 3.02. The van der Waals surface area contributed by atoms with Crippen molar-refractivity contribution in [3.8, 4) is 0 Å². The molecule has 0 unspecified atom stereocenters. The summed E-state index contributed by atoms with van der Waals surface area (Å²) in [4.78, 5) is 27.0. The Morgan fingerprint density at radius 2 is 1.46 bits per heavy atom. The van der Waals surface area contributed by atoms with Crippen LogP contribution in [0.2, 0.25) is 0 Å². The van der Waals surface area contributed by atoms with Crippen LogP contribution in [-0.2, 0) is 15.8 Å². The number of nitrogens with zero attached hydrogens (tertiary/aromatic N) is 1. The lowest BCUT2D eigenvalue weighted by molar-refractivity contribution is -0.171. The molecule has 0 saturated heterocycles. The van der Waals surface area contributed by atoms with Crippen LogP contribution in [0.15, 0.2) is 84.6 Å². The van der Waals surface area contributed by atoms with Crippen molar-refractivity contribution < 1.29 is 40.3 Å². The molecule has 0 radical (unpaired) electrons. The highest BCUT2D eigenvalue weighted by Gasteiger charge is 2.51. The van der Waals surface area contributed by atoms with E-state index in [1.165, 1.54) is 48.5 Å². The molecule has 3 aromatic carbocycles. The first kappa shape index (κ1) is 26.5. The zero-order valence-electron chi connectivity index (χ0n) is 19.9. The second-order valence-electron chi connectivity index (χ2n) is 9.31. The van der Waals surface area contributed by atoms with Crippen LogP contribution >= 0.6 is 0 Å². The van der Waals surface area contributed by atoms with E-state index in [0.29, 0.717) is 22.6 Å². The van der Waals surface area contributed by atoms with E-state index in [2.05, 4.69) is 5.32 Å². The molecule has 0 bridgehead atoms. The van der Waals surface area contributed by atoms with E-state index < -0.39 is 53.3 Å². The molecule has 0 saturated carbocycles. The number of hydrogen-bond donors (Lipinski definition) is 1. The van der Waals surface area contributed by atoms with Crippen molar-refractivity contribution in [3.05, 3.63) is 107 Å². The second-order valence-corrected chi connectivity index (χ2v) is 9.31. The Bertz CT molecular complexity index is 1440. The summed E-state index contributed by atoms with van der Waals surface area (Å²) in [6.07, 6.45) is -8.59. The van der Waals surface area contributed by atoms with E-state index in [4.69, 9.17) is 0 Å². The SMILES string of the molecule is O=C1C[C@@H](c2ccc(F)cc2)C=C2Nc3ccccc3N(C(=O)C(F)(F)F)[C@@H](c3ccc(C(F)(F)F)cc3)[C@H]12. The molecular weight excluding hydrogens is 529 g/mol. The minimum absolute atomic E-state index is 0.0800. The van der Waals surface area contributed by atoms with Gasteiger partial charge >= 0.3 is 18.3 Å². The number of benzene rings is 3. The van der Waals surface area contributed by atoms with E-state index in [0.717, 1.165) is 12.1 Å². The molecule has 1 heterocycles. The van der Waals surface area contributed by atoms with Gasteiger partial charge in [0.1, 0.15) is 11.6 Å². The molecule has 1 aliphatic heterocycles. The molecule has 4 nitrogen and oxygen atoms in total. The van der Waals surface area contributed by atoms with Gasteiger partial charge < -0.3 is 5.32 Å². The third-order valence-corrected chi connectivity index (χ3v) is 6.86. The maximum absolute atomic E-state index is 13.9. The van der Waals surface area contributed by atoms with Crippen LogP contribution in [0, 0.1) is 11.7 Å². The predicted molar refractivity (Wildman–Crippen MR) is 128 cm³/mol. The summed E-state index contributed by atoms with van der Waals surface area (Å²) in [6, 6.07) is 12.8. The van der Waals surface area contributed by atoms with E-state index in [1.807, 2.05) is 0 Å². The number of Topliss-reactive ketones (excluding diaryl/α,β-unsaturated/α-hetero) is 1. The summed E-state index contributed by atoms with van der Waals surface area (Å²) in [7, 11) is 0. The standard InChI is InChI=1S/C28H19F7N2O2/c29-19-11-7-15(8-12-19)17-13-21-24(23(38)14-17)25(16-5-9-18(10-6-16)27(30,31)32)37(26(39)28(33,34)35)22-4-2-1-3-20(22)36-21/h1-13,17,24-25,36H,14H2/t17-,24-,25-/m0/s1. The molecule has 1 aliphatic carbocycles. The highest BCUT2D eigenvalue weighted by Crippen LogP contribution is 2.49. The topological polar surface area (TPSA) is 49.4 Å². The van der Waals surface area contributed by atoms with Crippen LogP contribution in [0.3, 0.4) is 0 Å². The van der Waals surface area contributed by atoms with Crippen LogP contribution in [0.5, 0.6) is 0 Å². The normalized spacial score (nSPS) is 21.3. The number of halogens is 7. The molecule has 2 aliphatic rings. The molecule has 0 spiro atoms. The van der Waals surface area contributed by atoms with Crippen LogP contribution in [0.1, 0.15) is 35.1 Å². The maximum atomic E-state index is 13.9. The Hall–Kier alpha value is -4.15. The minimum atomic E-state index is -5.35. The number of carbonyl (C=O) groups excluding carboxylic acids is 2. The number of carbonyl (C=O) groups is 2. The fourth-order valence-electron chi connectivity index (χ4n) is 5.11. The van der Waals surface area contributed by atoms with Crippen molar-refractivity contribution in [2.24, 2.45) is 5.92 Å². The quantitative estimate of drug-likeness (QED) is 0.346. The number of rotatable bonds is 2. The number of allylic oxidation sites excluding steroid dienone is 1. The highest BCUT2D eigenvalue weighted by atomic mass is 19.4. The Balaban J connectivity index is 1.72. The largest absolute Gasteiger partial charge is 0.471 e. The van der Waals surface area contributed by atoms with Gasteiger partial charge in [-0.25, -0.2) is 4.39 Å². The first-order chi connectivity index (χ1) is 18.3. The summed E-state index contributed by atoms with van der Waals surface area (Å²) in [5.74, 6) is -5.20. The molecule has 3 aromatic rings. The van der Waals surface area contributed by atoms with E-state index in [9.17, 15) is 40.3 Å². The lowest BCUT2D eigenvalue weighted by Crippen LogP contribution is -2.47. The van der Waals surface area contributed by atoms with Gasteiger partial charge in [0.05, 0.1) is 28.9 Å². The van der Waals surface area contributed by atoms with Crippen molar-refractivity contribution in [1.82, 2.24) is 0 Å². The summed E-state index contributed by atoms with van der Waals surface area (Å²) in [5.41, 5.74) is -0.419. The molecule has 3 atom stereocenters. The van der Waals surface area contributed by atoms with Gasteiger partial charge in [0, 0.05) is 18.0 Å². The number of anilines is 2. The smallest absolute Gasteiger partial charge is 0.357 e. The van der Waals surface area contributed by atoms with Crippen molar-refractivity contribution in [2.75, 3.05) is 10.2 Å². The average molecular weight is 548 g/mol. The zero-order chi connectivity index (χ0) is 28.1. The van der Waals surface area contributed by atoms with Crippen molar-refractivity contribution in [2.45, 2.75) is 30.7 Å². The lowest BCUT2D eigenvalue weighted by atomic mass is 9.76. The maximum Gasteiger partial charge on any atom is 0.471 e. The first-order valence-corrected chi connectivity index (χ1v) is 11.8. The Labute approximate surface area is 217 Å². The van der Waals surface area contributed by atoms with Gasteiger partial charge in [-0.05, 0) is 47.5 Å². The Morgan fingerprint density at radius 1 is 0.846 bits per heavy atom. The van der Waals surface area contributed by atoms with Crippen molar-refractivity contribution >= 4 is 23.1 Å². The van der Waals surface area contributed by atoms with E-state index in [1.54, 1.807) is 6.08 Å². The Morgan fingerprint density at radius 3 is 2.08 bits per heavy atom. The number of para-hydroxylation sites is 2. The van der Waals surface area contributed by atoms with Gasteiger partial charge in [-0.1, -0.05) is 42.5 Å². The number of amides is 1. The minimum Gasteiger partial charge on any atom is -0.357 e. The molecule has 0 fully saturated rings. The Kier molecular flexibility index (Phi) is 6.48. The second kappa shape index (κ2) is 9.55. The number of ketones is 1. The van der Waals surface area contributed by atoms with Crippen LogP contribution in [0.4, 0.5) is 42.1 Å². The van der Waals surface area contributed by atoms with Crippen LogP contribution in [-0.4, -0.2) is 17.9 Å². The fourth-order valence-corrected chi connectivity index (χ4v) is 5.11. The molecule has 0 aromatic heterocycles. The molecule has 11 heteroatoms. The van der Waals surface area contributed by atoms with Gasteiger partial charge in [0.2, 0.25) is 0 Å². The number of alkyl halides is 6. The molecule has 5 rings (SSSR count). The summed E-state index contributed by atoms with van der Waals surface area (Å²) in [5, 5.41) is 3.00. The van der Waals surface area contributed by atoms with Crippen LogP contribution in [0.25, 0.3) is 0 Å². The number of nitrogens with one attached hydrogen (secondary N) is 1. The van der Waals surface area contributed by atoms with Gasteiger partial charge in [0.15, 0.2) is 0 Å². The summed E-state index contributed by atoms with van der Waals surface area (Å²) >= 11 is 0. The predicted octanol–water partition coefficient (Wildman–Crippen LogP) is 7.16. The third-order valence-electron chi connectivity index (χ3n) is 6.86. The monoisotopic (exact) mass is 548 g/mol. The van der Waals surface area contributed by atoms with Gasteiger partial charge in [-0.15, -0.1) is 0 Å². The summed E-state index contributed by atoms with van der Waals surface area (Å²) in [6.45, 7) is 0. The number of fused-ring (bicyclic) bond motifs is 2. The van der Waals surface area contributed by atoms with Crippen molar-refractivity contribution in [3.63, 3.8) is 0 Å². The van der Waals surface area contributed by atoms with Crippen LogP contribution < -0.4 is 10.2 Å². The van der Waals surface area contributed by atoms with E-state index >= 15 is 0 Å². The lowest BCUT2D eigenvalue weighted by Gasteiger charge is -2.37. The number of hydrogen-bond acceptors (Lipinski definition) is 3. The van der Waals surface area contributed by atoms with Crippen molar-refractivity contribution in [1.29, 1.82) is 0 Å². The van der Waals surface area contributed by atoms with E-state index in [-0.39, 0.29) is 29.1 Å².